The Labute approximate surface area is 75.3 Å². The second-order valence-corrected chi connectivity index (χ2v) is 2.66. The minimum atomic E-state index is 0.415. The van der Waals surface area contributed by atoms with Crippen molar-refractivity contribution in [2.75, 3.05) is 12.3 Å². The topological polar surface area (TPSA) is 61.3 Å². The summed E-state index contributed by atoms with van der Waals surface area (Å²) >= 11 is 0. The highest BCUT2D eigenvalue weighted by atomic mass is 16.5. The third-order valence-corrected chi connectivity index (χ3v) is 1.78. The van der Waals surface area contributed by atoms with Crippen molar-refractivity contribution in [3.63, 3.8) is 0 Å². The van der Waals surface area contributed by atoms with Gasteiger partial charge in [0.15, 0.2) is 11.4 Å². The second-order valence-electron chi connectivity index (χ2n) is 2.66. The number of ether oxygens (including phenoxy) is 1. The second kappa shape index (κ2) is 2.97. The van der Waals surface area contributed by atoms with Gasteiger partial charge in [-0.25, -0.2) is 0 Å². The van der Waals surface area contributed by atoms with Gasteiger partial charge in [-0.05, 0) is 19.1 Å². The lowest BCUT2D eigenvalue weighted by molar-refractivity contribution is 0.339. The maximum absolute atomic E-state index is 5.55. The van der Waals surface area contributed by atoms with E-state index in [1.165, 1.54) is 0 Å². The molecule has 0 atom stereocenters. The molecule has 0 amide bonds. The Bertz CT molecular complexity index is 422. The van der Waals surface area contributed by atoms with E-state index in [1.54, 1.807) is 6.07 Å². The molecule has 0 aliphatic heterocycles. The molecule has 0 unspecified atom stereocenters. The average Bonchev–Trinajstić information content (AvgIpc) is 2.48. The van der Waals surface area contributed by atoms with E-state index in [0.717, 1.165) is 11.1 Å². The van der Waals surface area contributed by atoms with E-state index in [9.17, 15) is 0 Å². The highest BCUT2D eigenvalue weighted by Crippen LogP contribution is 2.24. The Kier molecular flexibility index (Phi) is 1.81. The lowest BCUT2D eigenvalue weighted by Gasteiger charge is -2.00. The quantitative estimate of drug-likeness (QED) is 0.761. The number of nitrogen functional groups attached to an aromatic ring is 1. The van der Waals surface area contributed by atoms with E-state index in [1.807, 2.05) is 19.1 Å². The molecule has 4 nitrogen and oxygen atoms in total. The molecule has 1 aromatic carbocycles. The summed E-state index contributed by atoms with van der Waals surface area (Å²) in [5.41, 5.74) is 6.21. The zero-order valence-electron chi connectivity index (χ0n) is 7.28. The van der Waals surface area contributed by atoms with Gasteiger partial charge in [0.05, 0.1) is 12.0 Å². The fourth-order valence-electron chi connectivity index (χ4n) is 1.19. The van der Waals surface area contributed by atoms with Crippen molar-refractivity contribution in [3.8, 4) is 5.75 Å². The fourth-order valence-corrected chi connectivity index (χ4v) is 1.19. The van der Waals surface area contributed by atoms with Gasteiger partial charge >= 0.3 is 0 Å². The highest BCUT2D eigenvalue weighted by molar-refractivity contribution is 5.87. The fraction of sp³-hybridized carbons (Fsp3) is 0.222. The third kappa shape index (κ3) is 1.30. The molecule has 0 radical (unpaired) electrons. The molecule has 0 aliphatic carbocycles. The summed E-state index contributed by atoms with van der Waals surface area (Å²) in [4.78, 5) is 0. The third-order valence-electron chi connectivity index (χ3n) is 1.78. The van der Waals surface area contributed by atoms with Crippen LogP contribution >= 0.6 is 0 Å². The number of anilines is 1. The molecule has 2 N–H and O–H groups in total. The molecule has 0 saturated carbocycles. The molecule has 0 spiro atoms. The predicted octanol–water partition coefficient (Wildman–Crippen LogP) is 1.81. The van der Waals surface area contributed by atoms with E-state index >= 15 is 0 Å². The van der Waals surface area contributed by atoms with Gasteiger partial charge in [-0.2, -0.15) is 0 Å². The summed E-state index contributed by atoms with van der Waals surface area (Å²) in [6, 6.07) is 5.47. The molecule has 1 heterocycles. The van der Waals surface area contributed by atoms with Gasteiger partial charge in [0, 0.05) is 6.07 Å². The summed E-state index contributed by atoms with van der Waals surface area (Å²) in [6.45, 7) is 2.56. The van der Waals surface area contributed by atoms with Crippen LogP contribution in [0, 0.1) is 0 Å². The summed E-state index contributed by atoms with van der Waals surface area (Å²) in [5, 5.41) is 4.47. The van der Waals surface area contributed by atoms with Gasteiger partial charge in [-0.15, -0.1) is 0 Å². The van der Waals surface area contributed by atoms with E-state index in [-0.39, 0.29) is 0 Å². The van der Waals surface area contributed by atoms with Gasteiger partial charge in [-0.1, -0.05) is 5.16 Å². The van der Waals surface area contributed by atoms with Crippen molar-refractivity contribution >= 4 is 16.8 Å². The molecule has 2 aromatic rings. The van der Waals surface area contributed by atoms with E-state index in [0.29, 0.717) is 18.0 Å². The number of fused-ring (bicyclic) bond motifs is 1. The smallest absolute Gasteiger partial charge is 0.174 e. The lowest BCUT2D eigenvalue weighted by atomic mass is 10.2. The minimum absolute atomic E-state index is 0.415. The van der Waals surface area contributed by atoms with Crippen molar-refractivity contribution in [3.05, 3.63) is 18.2 Å². The number of aromatic nitrogens is 1. The van der Waals surface area contributed by atoms with Crippen LogP contribution in [0.3, 0.4) is 0 Å². The summed E-state index contributed by atoms with van der Waals surface area (Å²) in [7, 11) is 0. The number of hydrogen-bond donors (Lipinski definition) is 1. The number of nitrogens with two attached hydrogens (primary N) is 1. The summed E-state index contributed by atoms with van der Waals surface area (Å²) < 4.78 is 10.3. The first kappa shape index (κ1) is 7.91. The number of benzene rings is 1. The Morgan fingerprint density at radius 2 is 2.38 bits per heavy atom. The van der Waals surface area contributed by atoms with Crippen LogP contribution in [0.25, 0.3) is 11.0 Å². The van der Waals surface area contributed by atoms with Crippen molar-refractivity contribution in [1.82, 2.24) is 5.16 Å². The molecule has 0 fully saturated rings. The van der Waals surface area contributed by atoms with Crippen molar-refractivity contribution in [2.24, 2.45) is 0 Å². The van der Waals surface area contributed by atoms with Crippen LogP contribution in [0.5, 0.6) is 5.75 Å². The molecular formula is C9H10N2O2. The van der Waals surface area contributed by atoms with Gasteiger partial charge in [0.25, 0.3) is 0 Å². The highest BCUT2D eigenvalue weighted by Gasteiger charge is 2.05. The lowest BCUT2D eigenvalue weighted by Crippen LogP contribution is -1.90. The van der Waals surface area contributed by atoms with Crippen LogP contribution in [0.1, 0.15) is 6.92 Å². The maximum Gasteiger partial charge on any atom is 0.174 e. The predicted molar refractivity (Wildman–Crippen MR) is 49.6 cm³/mol. The number of nitrogens with zero attached hydrogens (tertiary/aromatic N) is 1. The van der Waals surface area contributed by atoms with Crippen LogP contribution in [0.4, 0.5) is 5.82 Å². The molecule has 1 aromatic heterocycles. The van der Waals surface area contributed by atoms with Crippen molar-refractivity contribution < 1.29 is 9.26 Å². The van der Waals surface area contributed by atoms with Gasteiger partial charge in [-0.3, -0.25) is 0 Å². The summed E-state index contributed by atoms with van der Waals surface area (Å²) in [5.74, 6) is 1.18. The Morgan fingerprint density at radius 1 is 1.54 bits per heavy atom. The first-order valence-electron chi connectivity index (χ1n) is 4.09. The molecule has 68 valence electrons. The number of rotatable bonds is 2. The van der Waals surface area contributed by atoms with Gasteiger partial charge < -0.3 is 15.0 Å². The minimum Gasteiger partial charge on any atom is -0.494 e. The molecule has 0 bridgehead atoms. The Morgan fingerprint density at radius 3 is 3.15 bits per heavy atom. The molecule has 4 heteroatoms. The Balaban J connectivity index is 2.50. The normalized spacial score (nSPS) is 10.5. The monoisotopic (exact) mass is 178 g/mol. The van der Waals surface area contributed by atoms with E-state index < -0.39 is 0 Å². The molecule has 2 rings (SSSR count). The maximum atomic E-state index is 5.55. The Hall–Kier alpha value is -1.71. The van der Waals surface area contributed by atoms with Gasteiger partial charge in [0.1, 0.15) is 5.75 Å². The zero-order valence-corrected chi connectivity index (χ0v) is 7.28. The van der Waals surface area contributed by atoms with Crippen molar-refractivity contribution in [1.29, 1.82) is 0 Å². The first-order valence-corrected chi connectivity index (χ1v) is 4.09. The van der Waals surface area contributed by atoms with E-state index in [2.05, 4.69) is 5.16 Å². The van der Waals surface area contributed by atoms with Gasteiger partial charge in [0.2, 0.25) is 0 Å². The van der Waals surface area contributed by atoms with Crippen LogP contribution < -0.4 is 10.5 Å². The SMILES string of the molecule is CCOc1ccc2c(N)noc2c1. The van der Waals surface area contributed by atoms with E-state index in [4.69, 9.17) is 15.0 Å². The first-order chi connectivity index (χ1) is 6.31. The molecular weight excluding hydrogens is 168 g/mol. The summed E-state index contributed by atoms with van der Waals surface area (Å²) in [6.07, 6.45) is 0. The standard InChI is InChI=1S/C9H10N2O2/c1-2-12-6-3-4-7-8(5-6)13-11-9(7)10/h3-5H,2H2,1H3,(H2,10,11). The molecule has 0 aliphatic rings. The van der Waals surface area contributed by atoms with Crippen LogP contribution in [0.2, 0.25) is 0 Å². The largest absolute Gasteiger partial charge is 0.494 e. The molecule has 0 saturated heterocycles. The average molecular weight is 178 g/mol. The zero-order chi connectivity index (χ0) is 9.26. The van der Waals surface area contributed by atoms with Crippen molar-refractivity contribution in [2.45, 2.75) is 6.92 Å². The number of hydrogen-bond acceptors (Lipinski definition) is 4. The van der Waals surface area contributed by atoms with Crippen LogP contribution in [-0.4, -0.2) is 11.8 Å². The molecule has 13 heavy (non-hydrogen) atoms. The van der Waals surface area contributed by atoms with Crippen LogP contribution in [-0.2, 0) is 0 Å². The van der Waals surface area contributed by atoms with Crippen LogP contribution in [0.15, 0.2) is 22.7 Å².